The summed E-state index contributed by atoms with van der Waals surface area (Å²) in [5.41, 5.74) is 1.01. The Kier molecular flexibility index (Phi) is 6.27. The molecule has 0 spiro atoms. The summed E-state index contributed by atoms with van der Waals surface area (Å²) < 4.78 is 18.9. The maximum absolute atomic E-state index is 13.2. The van der Waals surface area contributed by atoms with Crippen LogP contribution in [0.2, 0.25) is 0 Å². The quantitative estimate of drug-likeness (QED) is 0.546. The molecule has 10 heteroatoms. The van der Waals surface area contributed by atoms with Crippen LogP contribution in [0.5, 0.6) is 11.5 Å². The minimum absolute atomic E-state index is 0.0970. The van der Waals surface area contributed by atoms with Crippen LogP contribution >= 0.6 is 0 Å². The van der Waals surface area contributed by atoms with E-state index >= 15 is 0 Å². The van der Waals surface area contributed by atoms with Gasteiger partial charge in [-0.15, -0.1) is 5.10 Å². The number of aromatic nitrogens is 5. The van der Waals surface area contributed by atoms with E-state index in [-0.39, 0.29) is 36.0 Å². The van der Waals surface area contributed by atoms with E-state index in [0.29, 0.717) is 30.2 Å². The van der Waals surface area contributed by atoms with Crippen LogP contribution in [0, 0.1) is 5.92 Å². The number of hydrogen-bond acceptors (Lipinski definition) is 8. The van der Waals surface area contributed by atoms with E-state index in [4.69, 9.17) is 14.2 Å². The van der Waals surface area contributed by atoms with Crippen molar-refractivity contribution in [3.63, 3.8) is 0 Å². The van der Waals surface area contributed by atoms with Crippen LogP contribution in [0.4, 0.5) is 0 Å². The summed E-state index contributed by atoms with van der Waals surface area (Å²) in [6, 6.07) is 5.59. The van der Waals surface area contributed by atoms with Gasteiger partial charge in [-0.2, -0.15) is 0 Å². The number of H-pyrrole nitrogens is 1. The van der Waals surface area contributed by atoms with Gasteiger partial charge >= 0.3 is 0 Å². The van der Waals surface area contributed by atoms with Crippen molar-refractivity contribution in [3.8, 4) is 11.5 Å². The minimum Gasteiger partial charge on any atom is -0.454 e. The molecule has 10 nitrogen and oxygen atoms in total. The Hall–Kier alpha value is -2.98. The third kappa shape index (κ3) is 4.77. The SMILES string of the molecule is CC(C)[C@@H](c1nnnn1C(C)(C)C)N(Cc1cc2cc3c(cc2[nH]c1=O)OCO3)C[C@H]1CCCO1. The Balaban J connectivity index is 1.54. The lowest BCUT2D eigenvalue weighted by Gasteiger charge is -2.36. The van der Waals surface area contributed by atoms with E-state index in [1.54, 1.807) is 0 Å². The highest BCUT2D eigenvalue weighted by molar-refractivity contribution is 5.83. The first-order valence-corrected chi connectivity index (χ1v) is 12.3. The molecule has 0 bridgehead atoms. The first-order chi connectivity index (χ1) is 16.7. The van der Waals surface area contributed by atoms with E-state index in [9.17, 15) is 4.79 Å². The van der Waals surface area contributed by atoms with E-state index < -0.39 is 0 Å². The van der Waals surface area contributed by atoms with Crippen LogP contribution in [-0.2, 0) is 16.8 Å². The Labute approximate surface area is 204 Å². The highest BCUT2D eigenvalue weighted by atomic mass is 16.7. The van der Waals surface area contributed by atoms with Crippen LogP contribution < -0.4 is 15.0 Å². The Morgan fingerprint density at radius 2 is 1.97 bits per heavy atom. The topological polar surface area (TPSA) is 107 Å². The molecule has 1 N–H and O–H groups in total. The molecule has 0 radical (unpaired) electrons. The van der Waals surface area contributed by atoms with Crippen LogP contribution in [0.15, 0.2) is 23.0 Å². The van der Waals surface area contributed by atoms with Crippen LogP contribution in [0.3, 0.4) is 0 Å². The molecule has 2 aliphatic rings. The van der Waals surface area contributed by atoms with Gasteiger partial charge in [0.25, 0.3) is 5.56 Å². The predicted octanol–water partition coefficient (Wildman–Crippen LogP) is 3.38. The fraction of sp³-hybridized carbons (Fsp3) is 0.600. The molecule has 0 aliphatic carbocycles. The van der Waals surface area contributed by atoms with Crippen molar-refractivity contribution >= 4 is 10.9 Å². The maximum Gasteiger partial charge on any atom is 0.252 e. The van der Waals surface area contributed by atoms with Crippen LogP contribution in [-0.4, -0.2) is 56.1 Å². The summed E-state index contributed by atoms with van der Waals surface area (Å²) in [4.78, 5) is 18.5. The fourth-order valence-electron chi connectivity index (χ4n) is 5.04. The molecule has 35 heavy (non-hydrogen) atoms. The zero-order valence-electron chi connectivity index (χ0n) is 21.1. The Bertz CT molecular complexity index is 1260. The normalized spacial score (nSPS) is 18.8. The molecule has 0 saturated carbocycles. The molecule has 2 atom stereocenters. The van der Waals surface area contributed by atoms with Crippen molar-refractivity contribution < 1.29 is 14.2 Å². The molecule has 1 aromatic carbocycles. The second-order valence-electron chi connectivity index (χ2n) is 10.8. The second-order valence-corrected chi connectivity index (χ2v) is 10.8. The fourth-order valence-corrected chi connectivity index (χ4v) is 5.04. The monoisotopic (exact) mass is 482 g/mol. The molecule has 5 rings (SSSR count). The van der Waals surface area contributed by atoms with Gasteiger partial charge in [0.1, 0.15) is 0 Å². The number of benzene rings is 1. The lowest BCUT2D eigenvalue weighted by Crippen LogP contribution is -2.41. The number of fused-ring (bicyclic) bond motifs is 2. The lowest BCUT2D eigenvalue weighted by atomic mass is 9.98. The first kappa shape index (κ1) is 23.7. The van der Waals surface area contributed by atoms with Crippen molar-refractivity contribution in [2.45, 2.75) is 71.7 Å². The summed E-state index contributed by atoms with van der Waals surface area (Å²) in [6.07, 6.45) is 2.17. The zero-order chi connectivity index (χ0) is 24.7. The van der Waals surface area contributed by atoms with Crippen molar-refractivity contribution in [2.24, 2.45) is 5.92 Å². The summed E-state index contributed by atoms with van der Waals surface area (Å²) in [6.45, 7) is 12.7. The van der Waals surface area contributed by atoms with E-state index in [2.05, 4.69) is 60.0 Å². The number of rotatable bonds is 7. The van der Waals surface area contributed by atoms with Gasteiger partial charge in [-0.25, -0.2) is 4.68 Å². The largest absolute Gasteiger partial charge is 0.454 e. The summed E-state index contributed by atoms with van der Waals surface area (Å²) >= 11 is 0. The molecule has 0 unspecified atom stereocenters. The third-order valence-electron chi connectivity index (χ3n) is 6.67. The molecule has 2 aromatic heterocycles. The Morgan fingerprint density at radius 3 is 2.66 bits per heavy atom. The zero-order valence-corrected chi connectivity index (χ0v) is 21.1. The van der Waals surface area contributed by atoms with Crippen molar-refractivity contribution in [2.75, 3.05) is 19.9 Å². The average molecular weight is 483 g/mol. The molecular formula is C25H34N6O4. The summed E-state index contributed by atoms with van der Waals surface area (Å²) in [5, 5.41) is 13.7. The maximum atomic E-state index is 13.2. The molecule has 1 fully saturated rings. The number of nitrogens with zero attached hydrogens (tertiary/aromatic N) is 5. The van der Waals surface area contributed by atoms with Gasteiger partial charge in [-0.05, 0) is 62.1 Å². The molecule has 3 aromatic rings. The van der Waals surface area contributed by atoms with E-state index in [1.807, 2.05) is 22.9 Å². The third-order valence-corrected chi connectivity index (χ3v) is 6.67. The summed E-state index contributed by atoms with van der Waals surface area (Å²) in [5.74, 6) is 2.34. The van der Waals surface area contributed by atoms with Crippen LogP contribution in [0.1, 0.15) is 64.9 Å². The first-order valence-electron chi connectivity index (χ1n) is 12.3. The number of pyridine rings is 1. The van der Waals surface area contributed by atoms with E-state index in [0.717, 1.165) is 36.2 Å². The number of aromatic amines is 1. The van der Waals surface area contributed by atoms with Crippen LogP contribution in [0.25, 0.3) is 10.9 Å². The number of ether oxygens (including phenoxy) is 3. The van der Waals surface area contributed by atoms with Gasteiger partial charge in [0.05, 0.1) is 23.2 Å². The second kappa shape index (κ2) is 9.23. The average Bonchev–Trinajstić information content (AvgIpc) is 3.54. The van der Waals surface area contributed by atoms with Crippen molar-refractivity contribution in [1.82, 2.24) is 30.1 Å². The number of tetrazole rings is 1. The highest BCUT2D eigenvalue weighted by Crippen LogP contribution is 2.36. The lowest BCUT2D eigenvalue weighted by molar-refractivity contribution is 0.0371. The molecule has 188 valence electrons. The molecule has 1 saturated heterocycles. The standard InChI is InChI=1S/C25H34N6O4/c1-15(2)22(23-27-28-29-31(23)25(3,4)5)30(13-18-7-6-8-33-18)12-17-9-16-10-20-21(35-14-34-20)11-19(16)26-24(17)32/h9-11,15,18,22H,6-8,12-14H2,1-5H3,(H,26,32)/t18-,22+/m1/s1. The van der Waals surface area contributed by atoms with Gasteiger partial charge in [0, 0.05) is 36.7 Å². The molecule has 4 heterocycles. The van der Waals surface area contributed by atoms with Gasteiger partial charge in [0.15, 0.2) is 17.3 Å². The van der Waals surface area contributed by atoms with Gasteiger partial charge < -0.3 is 19.2 Å². The summed E-state index contributed by atoms with van der Waals surface area (Å²) in [7, 11) is 0. The van der Waals surface area contributed by atoms with Gasteiger partial charge in [-0.1, -0.05) is 13.8 Å². The van der Waals surface area contributed by atoms with Crippen molar-refractivity contribution in [3.05, 3.63) is 39.9 Å². The highest BCUT2D eigenvalue weighted by Gasteiger charge is 2.34. The predicted molar refractivity (Wildman–Crippen MR) is 130 cm³/mol. The molecule has 0 amide bonds. The number of hydrogen-bond donors (Lipinski definition) is 1. The Morgan fingerprint density at radius 1 is 1.20 bits per heavy atom. The minimum atomic E-state index is -0.273. The molecular weight excluding hydrogens is 448 g/mol. The smallest absolute Gasteiger partial charge is 0.252 e. The number of nitrogens with one attached hydrogen (secondary N) is 1. The van der Waals surface area contributed by atoms with E-state index in [1.165, 1.54) is 0 Å². The van der Waals surface area contributed by atoms with Crippen molar-refractivity contribution in [1.29, 1.82) is 0 Å². The van der Waals surface area contributed by atoms with Gasteiger partial charge in [0.2, 0.25) is 6.79 Å². The van der Waals surface area contributed by atoms with Gasteiger partial charge in [-0.3, -0.25) is 9.69 Å². The molecule has 2 aliphatic heterocycles.